The Morgan fingerprint density at radius 1 is 1.35 bits per heavy atom. The van der Waals surface area contributed by atoms with Gasteiger partial charge in [-0.3, -0.25) is 14.9 Å². The van der Waals surface area contributed by atoms with Crippen molar-refractivity contribution >= 4 is 33.7 Å². The number of hydrogen-bond acceptors (Lipinski definition) is 5. The van der Waals surface area contributed by atoms with E-state index in [1.165, 1.54) is 25.5 Å². The quantitative estimate of drug-likeness (QED) is 0.491. The summed E-state index contributed by atoms with van der Waals surface area (Å²) in [4.78, 5) is 22.5. The molecule has 2 aromatic rings. The van der Waals surface area contributed by atoms with Crippen molar-refractivity contribution in [2.24, 2.45) is 5.10 Å². The van der Waals surface area contributed by atoms with Gasteiger partial charge in [0.05, 0.1) is 29.4 Å². The van der Waals surface area contributed by atoms with Gasteiger partial charge in [0.15, 0.2) is 0 Å². The number of benzene rings is 2. The maximum Gasteiger partial charge on any atom is 0.278 e. The van der Waals surface area contributed by atoms with Crippen molar-refractivity contribution in [3.05, 3.63) is 68.2 Å². The van der Waals surface area contributed by atoms with Crippen LogP contribution in [-0.2, 0) is 0 Å². The molecule has 2 rings (SSSR count). The van der Waals surface area contributed by atoms with Gasteiger partial charge in [-0.1, -0.05) is 28.1 Å². The van der Waals surface area contributed by atoms with E-state index in [2.05, 4.69) is 26.5 Å². The maximum absolute atomic E-state index is 12.1. The molecule has 0 heterocycles. The lowest BCUT2D eigenvalue weighted by molar-refractivity contribution is -0.385. The van der Waals surface area contributed by atoms with E-state index < -0.39 is 10.8 Å². The summed E-state index contributed by atoms with van der Waals surface area (Å²) in [6.45, 7) is 0. The molecule has 0 fully saturated rings. The summed E-state index contributed by atoms with van der Waals surface area (Å²) in [5.41, 5.74) is 2.81. The van der Waals surface area contributed by atoms with Gasteiger partial charge in [0.1, 0.15) is 5.75 Å². The first-order valence-electron chi connectivity index (χ1n) is 6.43. The van der Waals surface area contributed by atoms with Gasteiger partial charge < -0.3 is 4.74 Å². The number of methoxy groups -OCH3 is 1. The zero-order chi connectivity index (χ0) is 16.8. The fourth-order valence-electron chi connectivity index (χ4n) is 1.84. The van der Waals surface area contributed by atoms with E-state index in [0.29, 0.717) is 21.3 Å². The molecule has 0 spiro atoms. The first-order chi connectivity index (χ1) is 11.0. The first-order valence-corrected chi connectivity index (χ1v) is 7.22. The number of ether oxygens (including phenoxy) is 1. The third kappa shape index (κ3) is 4.13. The lowest BCUT2D eigenvalue weighted by Crippen LogP contribution is -2.18. The highest BCUT2D eigenvalue weighted by molar-refractivity contribution is 9.10. The molecule has 0 aromatic heterocycles. The van der Waals surface area contributed by atoms with Crippen LogP contribution in [0.5, 0.6) is 5.75 Å². The van der Waals surface area contributed by atoms with Gasteiger partial charge in [-0.05, 0) is 24.3 Å². The number of amides is 1. The predicted octanol–water partition coefficient (Wildman–Crippen LogP) is 3.13. The Hall–Kier alpha value is -2.74. The number of hydrazone groups is 1. The maximum atomic E-state index is 12.1. The molecule has 23 heavy (non-hydrogen) atoms. The number of hydrogen-bond donors (Lipinski definition) is 1. The second-order valence-corrected chi connectivity index (χ2v) is 5.28. The number of halogens is 1. The Morgan fingerprint density at radius 2 is 2.09 bits per heavy atom. The van der Waals surface area contributed by atoms with Crippen molar-refractivity contribution in [2.45, 2.75) is 0 Å². The second-order valence-electron chi connectivity index (χ2n) is 4.36. The normalized spacial score (nSPS) is 10.5. The fraction of sp³-hybridized carbons (Fsp3) is 0.0667. The van der Waals surface area contributed by atoms with Gasteiger partial charge in [-0.15, -0.1) is 0 Å². The minimum absolute atomic E-state index is 0.0921. The Kier molecular flexibility index (Phi) is 5.42. The molecular formula is C15H12BrN3O4. The van der Waals surface area contributed by atoms with E-state index in [4.69, 9.17) is 4.74 Å². The lowest BCUT2D eigenvalue weighted by atomic mass is 10.2. The molecule has 0 saturated heterocycles. The number of nitrogens with one attached hydrogen (secondary N) is 1. The molecule has 0 saturated carbocycles. The third-order valence-corrected chi connectivity index (χ3v) is 3.40. The summed E-state index contributed by atoms with van der Waals surface area (Å²) in [5.74, 6) is -0.0930. The number of nitrogens with zero attached hydrogens (tertiary/aromatic N) is 2. The molecule has 0 aliphatic carbocycles. The highest BCUT2D eigenvalue weighted by atomic mass is 79.9. The minimum Gasteiger partial charge on any atom is -0.496 e. The van der Waals surface area contributed by atoms with Crippen LogP contribution in [0, 0.1) is 10.1 Å². The highest BCUT2D eigenvalue weighted by Gasteiger charge is 2.13. The van der Waals surface area contributed by atoms with E-state index in [1.807, 2.05) is 0 Å². The zero-order valence-corrected chi connectivity index (χ0v) is 13.6. The number of nitro benzene ring substituents is 1. The Labute approximate surface area is 140 Å². The van der Waals surface area contributed by atoms with E-state index in [1.54, 1.807) is 30.3 Å². The van der Waals surface area contributed by atoms with Crippen LogP contribution in [0.4, 0.5) is 5.69 Å². The highest BCUT2D eigenvalue weighted by Crippen LogP contribution is 2.22. The summed E-state index contributed by atoms with van der Waals surface area (Å²) in [7, 11) is 1.45. The number of nitro groups is 1. The van der Waals surface area contributed by atoms with Gasteiger partial charge in [0, 0.05) is 10.5 Å². The Morgan fingerprint density at radius 3 is 2.78 bits per heavy atom. The molecule has 7 nitrogen and oxygen atoms in total. The lowest BCUT2D eigenvalue weighted by Gasteiger charge is -2.07. The Balaban J connectivity index is 2.17. The topological polar surface area (TPSA) is 93.8 Å². The number of para-hydroxylation sites is 1. The van der Waals surface area contributed by atoms with Crippen molar-refractivity contribution in [3.8, 4) is 5.75 Å². The van der Waals surface area contributed by atoms with Crippen LogP contribution in [-0.4, -0.2) is 24.2 Å². The number of carbonyl (C=O) groups is 1. The average molecular weight is 378 g/mol. The molecule has 0 radical (unpaired) electrons. The smallest absolute Gasteiger partial charge is 0.278 e. The van der Waals surface area contributed by atoms with Gasteiger partial charge in [-0.2, -0.15) is 5.10 Å². The molecule has 1 N–H and O–H groups in total. The molecule has 2 aromatic carbocycles. The van der Waals surface area contributed by atoms with Crippen LogP contribution in [0.15, 0.2) is 52.0 Å². The zero-order valence-electron chi connectivity index (χ0n) is 12.0. The second kappa shape index (κ2) is 7.50. The fourth-order valence-corrected chi connectivity index (χ4v) is 2.20. The summed E-state index contributed by atoms with van der Waals surface area (Å²) >= 11 is 3.28. The van der Waals surface area contributed by atoms with Crippen molar-refractivity contribution in [2.75, 3.05) is 7.11 Å². The predicted molar refractivity (Wildman–Crippen MR) is 88.9 cm³/mol. The molecule has 0 atom stereocenters. The van der Waals surface area contributed by atoms with Crippen molar-refractivity contribution in [3.63, 3.8) is 0 Å². The van der Waals surface area contributed by atoms with Crippen LogP contribution in [0.3, 0.4) is 0 Å². The van der Waals surface area contributed by atoms with E-state index in [0.717, 1.165) is 0 Å². The van der Waals surface area contributed by atoms with Crippen molar-refractivity contribution in [1.82, 2.24) is 5.43 Å². The summed E-state index contributed by atoms with van der Waals surface area (Å²) in [6, 6.07) is 11.1. The molecule has 0 unspecified atom stereocenters. The molecule has 0 aliphatic heterocycles. The SMILES string of the molecule is COc1ccc(Br)cc1C(=O)NN=Cc1ccccc1[N+](=O)[O-]. The molecule has 0 bridgehead atoms. The summed E-state index contributed by atoms with van der Waals surface area (Å²) < 4.78 is 5.83. The monoisotopic (exact) mass is 377 g/mol. The van der Waals surface area contributed by atoms with Gasteiger partial charge in [0.2, 0.25) is 0 Å². The molecule has 118 valence electrons. The molecule has 1 amide bonds. The third-order valence-electron chi connectivity index (χ3n) is 2.91. The number of rotatable bonds is 5. The number of carbonyl (C=O) groups excluding carboxylic acids is 1. The molecule has 8 heteroatoms. The summed E-state index contributed by atoms with van der Waals surface area (Å²) in [5, 5.41) is 14.7. The van der Waals surface area contributed by atoms with Gasteiger partial charge in [0.25, 0.3) is 11.6 Å². The van der Waals surface area contributed by atoms with Crippen LogP contribution in [0.25, 0.3) is 0 Å². The van der Waals surface area contributed by atoms with Crippen molar-refractivity contribution < 1.29 is 14.5 Å². The standard InChI is InChI=1S/C15H12BrN3O4/c1-23-14-7-6-11(16)8-12(14)15(20)18-17-9-10-4-2-3-5-13(10)19(21)22/h2-9H,1H3,(H,18,20). The van der Waals surface area contributed by atoms with Crippen LogP contribution in [0.2, 0.25) is 0 Å². The molecule has 0 aliphatic rings. The van der Waals surface area contributed by atoms with Gasteiger partial charge >= 0.3 is 0 Å². The Bertz CT molecular complexity index is 777. The van der Waals surface area contributed by atoms with E-state index in [9.17, 15) is 14.9 Å². The van der Waals surface area contributed by atoms with Gasteiger partial charge in [-0.25, -0.2) is 5.43 Å². The van der Waals surface area contributed by atoms with Crippen LogP contribution in [0.1, 0.15) is 15.9 Å². The summed E-state index contributed by atoms with van der Waals surface area (Å²) in [6.07, 6.45) is 1.22. The van der Waals surface area contributed by atoms with Crippen LogP contribution < -0.4 is 10.2 Å². The van der Waals surface area contributed by atoms with E-state index >= 15 is 0 Å². The first kappa shape index (κ1) is 16.6. The van der Waals surface area contributed by atoms with Crippen LogP contribution >= 0.6 is 15.9 Å². The van der Waals surface area contributed by atoms with Crippen molar-refractivity contribution in [1.29, 1.82) is 0 Å². The van der Waals surface area contributed by atoms with E-state index in [-0.39, 0.29) is 5.69 Å². The minimum atomic E-state index is -0.513. The molecular weight excluding hydrogens is 366 g/mol. The largest absolute Gasteiger partial charge is 0.496 e. The average Bonchev–Trinajstić information content (AvgIpc) is 2.55.